The Morgan fingerprint density at radius 2 is 1.58 bits per heavy atom. The van der Waals surface area contributed by atoms with Gasteiger partial charge in [-0.1, -0.05) is 0 Å². The number of carbonyl (C=O) groups excluding carboxylic acids is 1. The van der Waals surface area contributed by atoms with E-state index in [1.54, 1.807) is 11.9 Å². The number of carboxylic acid groups (broad SMARTS) is 1. The first kappa shape index (κ1) is 12.9. The van der Waals surface area contributed by atoms with Crippen LogP contribution in [0.15, 0.2) is 0 Å². The molecular weight excluding hydrogens is 242 g/mol. The summed E-state index contributed by atoms with van der Waals surface area (Å²) < 4.78 is 0. The van der Waals surface area contributed by atoms with Crippen molar-refractivity contribution in [3.05, 3.63) is 0 Å². The summed E-state index contributed by atoms with van der Waals surface area (Å²) in [5, 5.41) is 8.69. The summed E-state index contributed by atoms with van der Waals surface area (Å²) in [6, 6.07) is 0. The SMILES string of the molecule is CN(CC1C2CC3CC(C2)CC1C3)C(=O)CC(=O)O. The lowest BCUT2D eigenvalue weighted by Crippen LogP contribution is -2.49. The van der Waals surface area contributed by atoms with Crippen LogP contribution < -0.4 is 0 Å². The lowest BCUT2D eigenvalue weighted by Gasteiger charge is -2.55. The minimum atomic E-state index is -1.03. The van der Waals surface area contributed by atoms with Crippen LogP contribution in [0.4, 0.5) is 0 Å². The molecule has 4 bridgehead atoms. The Morgan fingerprint density at radius 3 is 2.05 bits per heavy atom. The van der Waals surface area contributed by atoms with Crippen LogP contribution in [0.25, 0.3) is 0 Å². The molecule has 106 valence electrons. The standard InChI is InChI=1S/C15H23NO3/c1-16(14(17)7-15(18)19)8-13-11-3-9-2-10(5-11)6-12(13)4-9/h9-13H,2-8H2,1H3,(H,18,19). The van der Waals surface area contributed by atoms with Gasteiger partial charge in [-0.15, -0.1) is 0 Å². The predicted molar refractivity (Wildman–Crippen MR) is 70.4 cm³/mol. The minimum Gasteiger partial charge on any atom is -0.481 e. The normalized spacial score (nSPS) is 39.3. The highest BCUT2D eigenvalue weighted by atomic mass is 16.4. The first-order valence-electron chi connectivity index (χ1n) is 7.48. The molecule has 0 aromatic carbocycles. The van der Waals surface area contributed by atoms with Crippen molar-refractivity contribution in [1.29, 1.82) is 0 Å². The van der Waals surface area contributed by atoms with E-state index in [-0.39, 0.29) is 12.3 Å². The highest BCUT2D eigenvalue weighted by Gasteiger charge is 2.48. The first-order chi connectivity index (χ1) is 9.02. The lowest BCUT2D eigenvalue weighted by atomic mass is 9.52. The topological polar surface area (TPSA) is 57.6 Å². The van der Waals surface area contributed by atoms with Crippen molar-refractivity contribution in [3.63, 3.8) is 0 Å². The van der Waals surface area contributed by atoms with Crippen LogP contribution in [0, 0.1) is 29.6 Å². The second-order valence-electron chi connectivity index (χ2n) is 6.94. The van der Waals surface area contributed by atoms with Crippen LogP contribution in [-0.4, -0.2) is 35.5 Å². The maximum Gasteiger partial charge on any atom is 0.312 e. The highest BCUT2D eigenvalue weighted by Crippen LogP contribution is 2.56. The van der Waals surface area contributed by atoms with Crippen LogP contribution in [0.2, 0.25) is 0 Å². The summed E-state index contributed by atoms with van der Waals surface area (Å²) in [4.78, 5) is 24.0. The number of carboxylic acids is 1. The Morgan fingerprint density at radius 1 is 1.05 bits per heavy atom. The summed E-state index contributed by atoms with van der Waals surface area (Å²) in [5.41, 5.74) is 0. The predicted octanol–water partition coefficient (Wildman–Crippen LogP) is 1.99. The molecule has 0 atom stereocenters. The monoisotopic (exact) mass is 265 g/mol. The maximum atomic E-state index is 11.8. The van der Waals surface area contributed by atoms with Gasteiger partial charge in [0.1, 0.15) is 6.42 Å². The summed E-state index contributed by atoms with van der Waals surface area (Å²) in [7, 11) is 1.76. The molecule has 0 radical (unpaired) electrons. The van der Waals surface area contributed by atoms with Crippen molar-refractivity contribution in [1.82, 2.24) is 4.90 Å². The van der Waals surface area contributed by atoms with Gasteiger partial charge in [0.2, 0.25) is 5.91 Å². The number of hydrogen-bond acceptors (Lipinski definition) is 2. The lowest BCUT2D eigenvalue weighted by molar-refractivity contribution is -0.144. The third kappa shape index (κ3) is 2.49. The zero-order valence-electron chi connectivity index (χ0n) is 11.5. The molecule has 0 spiro atoms. The molecule has 4 heteroatoms. The number of nitrogens with zero attached hydrogens (tertiary/aromatic N) is 1. The first-order valence-corrected chi connectivity index (χ1v) is 7.48. The fourth-order valence-electron chi connectivity index (χ4n) is 5.02. The molecule has 1 amide bonds. The van der Waals surface area contributed by atoms with Crippen molar-refractivity contribution < 1.29 is 14.7 Å². The number of carbonyl (C=O) groups is 2. The van der Waals surface area contributed by atoms with E-state index in [0.29, 0.717) is 5.92 Å². The van der Waals surface area contributed by atoms with Gasteiger partial charge in [-0.2, -0.15) is 0 Å². The van der Waals surface area contributed by atoms with E-state index in [2.05, 4.69) is 0 Å². The van der Waals surface area contributed by atoms with Gasteiger partial charge in [0.15, 0.2) is 0 Å². The fraction of sp³-hybridized carbons (Fsp3) is 0.867. The van der Waals surface area contributed by atoms with Gasteiger partial charge in [-0.3, -0.25) is 9.59 Å². The Labute approximate surface area is 114 Å². The van der Waals surface area contributed by atoms with Gasteiger partial charge in [0, 0.05) is 13.6 Å². The molecule has 0 saturated heterocycles. The van der Waals surface area contributed by atoms with Gasteiger partial charge in [0.05, 0.1) is 0 Å². The summed E-state index contributed by atoms with van der Waals surface area (Å²) in [6.45, 7) is 0.765. The molecule has 0 aromatic rings. The molecule has 0 aromatic heterocycles. The van der Waals surface area contributed by atoms with E-state index in [1.165, 1.54) is 32.1 Å². The summed E-state index contributed by atoms with van der Waals surface area (Å²) in [5.74, 6) is 2.81. The smallest absolute Gasteiger partial charge is 0.312 e. The summed E-state index contributed by atoms with van der Waals surface area (Å²) >= 11 is 0. The molecular formula is C15H23NO3. The van der Waals surface area contributed by atoms with Gasteiger partial charge in [-0.25, -0.2) is 0 Å². The van der Waals surface area contributed by atoms with Crippen LogP contribution in [0.5, 0.6) is 0 Å². The Balaban J connectivity index is 1.61. The number of aliphatic carboxylic acids is 1. The number of amides is 1. The van der Waals surface area contributed by atoms with E-state index in [1.807, 2.05) is 0 Å². The Bertz CT molecular complexity index is 365. The maximum absolute atomic E-state index is 11.8. The van der Waals surface area contributed by atoms with Crippen molar-refractivity contribution in [2.24, 2.45) is 29.6 Å². The minimum absolute atomic E-state index is 0.249. The molecule has 4 fully saturated rings. The quantitative estimate of drug-likeness (QED) is 0.791. The zero-order valence-corrected chi connectivity index (χ0v) is 11.5. The molecule has 0 heterocycles. The van der Waals surface area contributed by atoms with Gasteiger partial charge >= 0.3 is 5.97 Å². The second kappa shape index (κ2) is 4.80. The molecule has 19 heavy (non-hydrogen) atoms. The molecule has 0 unspecified atom stereocenters. The molecule has 4 saturated carbocycles. The molecule has 0 aliphatic heterocycles. The highest BCUT2D eigenvalue weighted by molar-refractivity contribution is 5.93. The van der Waals surface area contributed by atoms with E-state index in [9.17, 15) is 9.59 Å². The molecule has 4 nitrogen and oxygen atoms in total. The van der Waals surface area contributed by atoms with Gasteiger partial charge in [0.25, 0.3) is 0 Å². The van der Waals surface area contributed by atoms with Crippen LogP contribution in [-0.2, 0) is 9.59 Å². The molecule has 1 N–H and O–H groups in total. The van der Waals surface area contributed by atoms with E-state index >= 15 is 0 Å². The fourth-order valence-corrected chi connectivity index (χ4v) is 5.02. The van der Waals surface area contributed by atoms with E-state index in [0.717, 1.165) is 30.2 Å². The summed E-state index contributed by atoms with van der Waals surface area (Å²) in [6.07, 6.45) is 6.45. The van der Waals surface area contributed by atoms with Crippen molar-refractivity contribution in [3.8, 4) is 0 Å². The third-order valence-electron chi connectivity index (χ3n) is 5.63. The molecule has 4 rings (SSSR count). The number of rotatable bonds is 4. The van der Waals surface area contributed by atoms with Crippen LogP contribution in [0.1, 0.15) is 38.5 Å². The van der Waals surface area contributed by atoms with Gasteiger partial charge < -0.3 is 10.0 Å². The van der Waals surface area contributed by atoms with E-state index in [4.69, 9.17) is 5.11 Å². The third-order valence-corrected chi connectivity index (χ3v) is 5.63. The van der Waals surface area contributed by atoms with E-state index < -0.39 is 5.97 Å². The van der Waals surface area contributed by atoms with Crippen LogP contribution >= 0.6 is 0 Å². The Hall–Kier alpha value is -1.06. The number of hydrogen-bond donors (Lipinski definition) is 1. The van der Waals surface area contributed by atoms with Crippen molar-refractivity contribution in [2.75, 3.05) is 13.6 Å². The average molecular weight is 265 g/mol. The molecule has 4 aliphatic rings. The average Bonchev–Trinajstić information content (AvgIpc) is 2.31. The second-order valence-corrected chi connectivity index (χ2v) is 6.94. The molecule has 4 aliphatic carbocycles. The largest absolute Gasteiger partial charge is 0.481 e. The van der Waals surface area contributed by atoms with Gasteiger partial charge in [-0.05, 0) is 61.7 Å². The zero-order chi connectivity index (χ0) is 13.6. The van der Waals surface area contributed by atoms with Crippen LogP contribution in [0.3, 0.4) is 0 Å². The van der Waals surface area contributed by atoms with Crippen molar-refractivity contribution in [2.45, 2.75) is 38.5 Å². The Kier molecular flexibility index (Phi) is 3.27. The van der Waals surface area contributed by atoms with Crippen molar-refractivity contribution >= 4 is 11.9 Å².